The van der Waals surface area contributed by atoms with E-state index in [1.54, 1.807) is 0 Å². The lowest BCUT2D eigenvalue weighted by atomic mass is 9.92. The minimum absolute atomic E-state index is 0.751. The van der Waals surface area contributed by atoms with Gasteiger partial charge in [0.25, 0.3) is 0 Å². The molecule has 1 rings (SSSR count). The summed E-state index contributed by atoms with van der Waals surface area (Å²) in [5, 5.41) is 3.48. The Kier molecular flexibility index (Phi) is 8.64. The fourth-order valence-corrected chi connectivity index (χ4v) is 2.58. The monoisotopic (exact) mass is 256 g/mol. The van der Waals surface area contributed by atoms with Gasteiger partial charge in [-0.3, -0.25) is 4.90 Å². The molecule has 2 unspecified atom stereocenters. The highest BCUT2D eigenvalue weighted by Gasteiger charge is 2.23. The molecule has 1 saturated heterocycles. The van der Waals surface area contributed by atoms with Gasteiger partial charge >= 0.3 is 0 Å². The molecule has 1 heterocycles. The summed E-state index contributed by atoms with van der Waals surface area (Å²) in [4.78, 5) is 2.62. The molecule has 3 heteroatoms. The summed E-state index contributed by atoms with van der Waals surface area (Å²) in [7, 11) is 0. The molecule has 0 aromatic heterocycles. The van der Waals surface area contributed by atoms with Crippen LogP contribution in [0.3, 0.4) is 0 Å². The van der Waals surface area contributed by atoms with Crippen LogP contribution in [0.2, 0.25) is 0 Å². The second-order valence-electron chi connectivity index (χ2n) is 5.61. The van der Waals surface area contributed by atoms with Crippen molar-refractivity contribution in [1.29, 1.82) is 0 Å². The van der Waals surface area contributed by atoms with Crippen LogP contribution in [0, 0.1) is 5.92 Å². The Morgan fingerprint density at radius 1 is 1.22 bits per heavy atom. The van der Waals surface area contributed by atoms with Crippen LogP contribution in [0.15, 0.2) is 0 Å². The fourth-order valence-electron chi connectivity index (χ4n) is 2.58. The third-order valence-electron chi connectivity index (χ3n) is 4.15. The van der Waals surface area contributed by atoms with E-state index in [4.69, 9.17) is 4.74 Å². The van der Waals surface area contributed by atoms with Crippen molar-refractivity contribution in [2.45, 2.75) is 52.5 Å². The zero-order valence-corrected chi connectivity index (χ0v) is 12.6. The van der Waals surface area contributed by atoms with Crippen molar-refractivity contribution in [3.05, 3.63) is 0 Å². The molecule has 1 aliphatic heterocycles. The van der Waals surface area contributed by atoms with E-state index in [1.165, 1.54) is 38.8 Å². The average molecular weight is 256 g/mol. The van der Waals surface area contributed by atoms with E-state index in [2.05, 4.69) is 31.0 Å². The van der Waals surface area contributed by atoms with E-state index < -0.39 is 0 Å². The van der Waals surface area contributed by atoms with Crippen LogP contribution in [-0.2, 0) is 4.74 Å². The topological polar surface area (TPSA) is 24.5 Å². The van der Waals surface area contributed by atoms with Crippen LogP contribution < -0.4 is 5.32 Å². The van der Waals surface area contributed by atoms with Crippen LogP contribution in [-0.4, -0.2) is 50.3 Å². The summed E-state index contributed by atoms with van der Waals surface area (Å²) in [6.45, 7) is 13.3. The number of hydrogen-bond acceptors (Lipinski definition) is 3. The first kappa shape index (κ1) is 15.9. The molecule has 1 N–H and O–H groups in total. The standard InChI is InChI=1S/C15H32N2O/c1-4-5-12-18-13-9-16-8-11-17-10-6-7-14(2)15(17)3/h14-16H,4-13H2,1-3H3. The molecule has 0 aromatic rings. The Labute approximate surface area is 113 Å². The first-order valence-corrected chi connectivity index (χ1v) is 7.78. The Hall–Kier alpha value is -0.120. The lowest BCUT2D eigenvalue weighted by Crippen LogP contribution is -2.45. The number of unbranched alkanes of at least 4 members (excludes halogenated alkanes) is 1. The summed E-state index contributed by atoms with van der Waals surface area (Å²) in [5.41, 5.74) is 0. The smallest absolute Gasteiger partial charge is 0.0590 e. The largest absolute Gasteiger partial charge is 0.380 e. The molecule has 108 valence electrons. The third kappa shape index (κ3) is 6.17. The van der Waals surface area contributed by atoms with Gasteiger partial charge in [-0.05, 0) is 38.6 Å². The Balaban J connectivity index is 1.94. The molecular weight excluding hydrogens is 224 g/mol. The number of nitrogens with zero attached hydrogens (tertiary/aromatic N) is 1. The molecule has 0 spiro atoms. The van der Waals surface area contributed by atoms with E-state index in [0.717, 1.165) is 38.3 Å². The van der Waals surface area contributed by atoms with Gasteiger partial charge in [-0.1, -0.05) is 20.3 Å². The highest BCUT2D eigenvalue weighted by atomic mass is 16.5. The molecule has 3 nitrogen and oxygen atoms in total. The quantitative estimate of drug-likeness (QED) is 0.642. The summed E-state index contributed by atoms with van der Waals surface area (Å²) in [6.07, 6.45) is 5.17. The van der Waals surface area contributed by atoms with Crippen molar-refractivity contribution in [3.63, 3.8) is 0 Å². The first-order valence-electron chi connectivity index (χ1n) is 7.78. The van der Waals surface area contributed by atoms with Crippen molar-refractivity contribution >= 4 is 0 Å². The number of piperidine rings is 1. The summed E-state index contributed by atoms with van der Waals surface area (Å²) >= 11 is 0. The van der Waals surface area contributed by atoms with Crippen LogP contribution in [0.5, 0.6) is 0 Å². The van der Waals surface area contributed by atoms with Gasteiger partial charge < -0.3 is 10.1 Å². The van der Waals surface area contributed by atoms with E-state index >= 15 is 0 Å². The van der Waals surface area contributed by atoms with Gasteiger partial charge in [0.2, 0.25) is 0 Å². The number of hydrogen-bond donors (Lipinski definition) is 1. The second-order valence-corrected chi connectivity index (χ2v) is 5.61. The van der Waals surface area contributed by atoms with Gasteiger partial charge in [-0.15, -0.1) is 0 Å². The predicted octanol–water partition coefficient (Wildman–Crippen LogP) is 2.51. The van der Waals surface area contributed by atoms with Gasteiger partial charge in [-0.25, -0.2) is 0 Å². The maximum Gasteiger partial charge on any atom is 0.0590 e. The highest BCUT2D eigenvalue weighted by Crippen LogP contribution is 2.21. The zero-order valence-electron chi connectivity index (χ0n) is 12.6. The van der Waals surface area contributed by atoms with Crippen molar-refractivity contribution in [2.75, 3.05) is 39.4 Å². The van der Waals surface area contributed by atoms with Crippen LogP contribution in [0.1, 0.15) is 46.5 Å². The number of nitrogens with one attached hydrogen (secondary N) is 1. The van der Waals surface area contributed by atoms with Crippen molar-refractivity contribution in [2.24, 2.45) is 5.92 Å². The fraction of sp³-hybridized carbons (Fsp3) is 1.00. The normalized spacial score (nSPS) is 25.5. The molecule has 0 radical (unpaired) electrons. The number of rotatable bonds is 9. The van der Waals surface area contributed by atoms with Crippen molar-refractivity contribution < 1.29 is 4.74 Å². The molecule has 0 aromatic carbocycles. The lowest BCUT2D eigenvalue weighted by Gasteiger charge is -2.37. The second kappa shape index (κ2) is 9.76. The molecule has 1 fully saturated rings. The van der Waals surface area contributed by atoms with E-state index in [1.807, 2.05) is 0 Å². The molecule has 2 atom stereocenters. The Bertz CT molecular complexity index is 199. The first-order chi connectivity index (χ1) is 8.75. The molecule has 0 saturated carbocycles. The van der Waals surface area contributed by atoms with Gasteiger partial charge in [0.15, 0.2) is 0 Å². The maximum atomic E-state index is 5.53. The van der Waals surface area contributed by atoms with E-state index in [-0.39, 0.29) is 0 Å². The SMILES string of the molecule is CCCCOCCNCCN1CCCC(C)C1C. The molecule has 18 heavy (non-hydrogen) atoms. The van der Waals surface area contributed by atoms with Gasteiger partial charge in [-0.2, -0.15) is 0 Å². The third-order valence-corrected chi connectivity index (χ3v) is 4.15. The number of likely N-dealkylation sites (tertiary alicyclic amines) is 1. The molecule has 1 aliphatic rings. The predicted molar refractivity (Wildman–Crippen MR) is 78.0 cm³/mol. The Morgan fingerprint density at radius 3 is 2.83 bits per heavy atom. The summed E-state index contributed by atoms with van der Waals surface area (Å²) in [5.74, 6) is 0.858. The van der Waals surface area contributed by atoms with E-state index in [0.29, 0.717) is 0 Å². The van der Waals surface area contributed by atoms with E-state index in [9.17, 15) is 0 Å². The maximum absolute atomic E-state index is 5.53. The van der Waals surface area contributed by atoms with Crippen LogP contribution in [0.4, 0.5) is 0 Å². The minimum atomic E-state index is 0.751. The average Bonchev–Trinajstić information content (AvgIpc) is 2.37. The number of ether oxygens (including phenoxy) is 1. The van der Waals surface area contributed by atoms with Crippen molar-refractivity contribution in [3.8, 4) is 0 Å². The summed E-state index contributed by atoms with van der Waals surface area (Å²) in [6, 6.07) is 0.751. The highest BCUT2D eigenvalue weighted by molar-refractivity contribution is 4.78. The van der Waals surface area contributed by atoms with Crippen LogP contribution in [0.25, 0.3) is 0 Å². The van der Waals surface area contributed by atoms with Gasteiger partial charge in [0.1, 0.15) is 0 Å². The molecule has 0 aliphatic carbocycles. The van der Waals surface area contributed by atoms with Gasteiger partial charge in [0.05, 0.1) is 6.61 Å². The lowest BCUT2D eigenvalue weighted by molar-refractivity contribution is 0.110. The van der Waals surface area contributed by atoms with Crippen LogP contribution >= 0.6 is 0 Å². The summed E-state index contributed by atoms with van der Waals surface area (Å²) < 4.78 is 5.53. The molecule has 0 bridgehead atoms. The molecule has 0 amide bonds. The Morgan fingerprint density at radius 2 is 2.06 bits per heavy atom. The minimum Gasteiger partial charge on any atom is -0.380 e. The van der Waals surface area contributed by atoms with Gasteiger partial charge in [0, 0.05) is 32.3 Å². The zero-order chi connectivity index (χ0) is 13.2. The van der Waals surface area contributed by atoms with Crippen molar-refractivity contribution in [1.82, 2.24) is 10.2 Å². The molecular formula is C15H32N2O.